The van der Waals surface area contributed by atoms with E-state index in [1.54, 1.807) is 0 Å². The second-order valence-electron chi connectivity index (χ2n) is 2.54. The summed E-state index contributed by atoms with van der Waals surface area (Å²) in [6.45, 7) is 4.09. The lowest BCUT2D eigenvalue weighted by Gasteiger charge is -1.89. The fourth-order valence-electron chi connectivity index (χ4n) is 0.662. The van der Waals surface area contributed by atoms with Crippen LogP contribution in [0.4, 0.5) is 0 Å². The highest BCUT2D eigenvalue weighted by molar-refractivity contribution is 5.56. The molecule has 0 aromatic heterocycles. The number of rotatable bonds is 2. The summed E-state index contributed by atoms with van der Waals surface area (Å²) < 4.78 is 0. The van der Waals surface area contributed by atoms with Gasteiger partial charge in [-0.3, -0.25) is 0 Å². The topological polar surface area (TPSA) is 37.1 Å². The molecule has 1 atom stereocenters. The molecule has 0 fully saturated rings. The summed E-state index contributed by atoms with van der Waals surface area (Å²) in [5.74, 6) is 0. The predicted molar refractivity (Wildman–Crippen MR) is 45.7 cm³/mol. The molecule has 1 aliphatic heterocycles. The summed E-state index contributed by atoms with van der Waals surface area (Å²) in [5, 5.41) is 7.44. The van der Waals surface area contributed by atoms with E-state index in [1.165, 1.54) is 11.9 Å². The Labute approximate surface area is 66.3 Å². The van der Waals surface area contributed by atoms with Gasteiger partial charge in [0.2, 0.25) is 0 Å². The van der Waals surface area contributed by atoms with E-state index in [-0.39, 0.29) is 6.17 Å². The van der Waals surface area contributed by atoms with Crippen LogP contribution in [0.5, 0.6) is 0 Å². The molecule has 0 aliphatic carbocycles. The van der Waals surface area contributed by atoms with E-state index >= 15 is 0 Å². The minimum absolute atomic E-state index is 0.0920. The second kappa shape index (κ2) is 3.81. The standard InChI is InChI=1S/C8H11N3/c1-7(2)4-3-5-8-9-6-10-11-8/h3-6,8H,1-2H3/b5-3-. The zero-order valence-corrected chi connectivity index (χ0v) is 6.73. The summed E-state index contributed by atoms with van der Waals surface area (Å²) in [4.78, 5) is 3.96. The summed E-state index contributed by atoms with van der Waals surface area (Å²) in [6.07, 6.45) is 7.24. The zero-order valence-electron chi connectivity index (χ0n) is 6.73. The molecule has 58 valence electrons. The van der Waals surface area contributed by atoms with Crippen molar-refractivity contribution in [1.29, 1.82) is 0 Å². The number of hydrogen-bond donors (Lipinski definition) is 0. The molecular weight excluding hydrogens is 138 g/mol. The van der Waals surface area contributed by atoms with Crippen molar-refractivity contribution < 1.29 is 0 Å². The van der Waals surface area contributed by atoms with Crippen molar-refractivity contribution in [3.05, 3.63) is 23.8 Å². The van der Waals surface area contributed by atoms with Crippen molar-refractivity contribution in [3.63, 3.8) is 0 Å². The van der Waals surface area contributed by atoms with Gasteiger partial charge in [0.15, 0.2) is 6.17 Å². The first-order chi connectivity index (χ1) is 5.29. The molecule has 0 aromatic carbocycles. The van der Waals surface area contributed by atoms with E-state index in [2.05, 4.69) is 15.2 Å². The lowest BCUT2D eigenvalue weighted by Crippen LogP contribution is -1.87. The number of allylic oxidation sites excluding steroid dienone is 3. The molecule has 1 aliphatic rings. The quantitative estimate of drug-likeness (QED) is 0.540. The first-order valence-corrected chi connectivity index (χ1v) is 3.52. The molecule has 1 heterocycles. The first kappa shape index (κ1) is 7.85. The predicted octanol–water partition coefficient (Wildman–Crippen LogP) is 2.33. The van der Waals surface area contributed by atoms with E-state index in [4.69, 9.17) is 0 Å². The lowest BCUT2D eigenvalue weighted by atomic mass is 10.3. The van der Waals surface area contributed by atoms with Gasteiger partial charge in [0.1, 0.15) is 6.34 Å². The molecule has 3 nitrogen and oxygen atoms in total. The molecule has 0 bridgehead atoms. The molecule has 0 spiro atoms. The van der Waals surface area contributed by atoms with Crippen LogP contribution in [0, 0.1) is 0 Å². The highest BCUT2D eigenvalue weighted by atomic mass is 15.3. The van der Waals surface area contributed by atoms with Gasteiger partial charge in [-0.1, -0.05) is 17.7 Å². The van der Waals surface area contributed by atoms with Crippen molar-refractivity contribution in [2.24, 2.45) is 15.2 Å². The smallest absolute Gasteiger partial charge is 0.181 e. The molecule has 0 N–H and O–H groups in total. The Bertz CT molecular complexity index is 220. The maximum absolute atomic E-state index is 3.96. The van der Waals surface area contributed by atoms with Gasteiger partial charge in [-0.15, -0.1) is 5.11 Å². The summed E-state index contributed by atoms with van der Waals surface area (Å²) in [5.41, 5.74) is 1.26. The third kappa shape index (κ3) is 2.89. The molecular formula is C8H11N3. The van der Waals surface area contributed by atoms with Crippen LogP contribution in [0.3, 0.4) is 0 Å². The number of nitrogens with zero attached hydrogens (tertiary/aromatic N) is 3. The molecule has 1 unspecified atom stereocenters. The average Bonchev–Trinajstić information content (AvgIpc) is 2.39. The van der Waals surface area contributed by atoms with Crippen LogP contribution < -0.4 is 0 Å². The lowest BCUT2D eigenvalue weighted by molar-refractivity contribution is 0.869. The van der Waals surface area contributed by atoms with Crippen LogP contribution in [0.2, 0.25) is 0 Å². The van der Waals surface area contributed by atoms with Crippen LogP contribution >= 0.6 is 0 Å². The number of aliphatic imine (C=N–C) groups is 1. The van der Waals surface area contributed by atoms with E-state index in [9.17, 15) is 0 Å². The molecule has 3 heteroatoms. The third-order valence-corrected chi connectivity index (χ3v) is 1.17. The molecule has 1 rings (SSSR count). The Morgan fingerprint density at radius 2 is 2.27 bits per heavy atom. The monoisotopic (exact) mass is 149 g/mol. The van der Waals surface area contributed by atoms with Crippen LogP contribution in [0.15, 0.2) is 39.0 Å². The largest absolute Gasteiger partial charge is 0.239 e. The molecule has 0 aromatic rings. The summed E-state index contributed by atoms with van der Waals surface area (Å²) >= 11 is 0. The van der Waals surface area contributed by atoms with Crippen molar-refractivity contribution in [2.45, 2.75) is 20.0 Å². The fourth-order valence-corrected chi connectivity index (χ4v) is 0.662. The summed E-state index contributed by atoms with van der Waals surface area (Å²) in [7, 11) is 0. The van der Waals surface area contributed by atoms with Gasteiger partial charge in [0.05, 0.1) is 0 Å². The minimum atomic E-state index is -0.0920. The van der Waals surface area contributed by atoms with Gasteiger partial charge in [0, 0.05) is 0 Å². The minimum Gasteiger partial charge on any atom is -0.239 e. The Hall–Kier alpha value is -1.25. The SMILES string of the molecule is CC(C)=C/C=C\C1N=CN=N1. The molecule has 11 heavy (non-hydrogen) atoms. The molecule has 0 amide bonds. The number of azo groups is 1. The van der Waals surface area contributed by atoms with Crippen molar-refractivity contribution in [1.82, 2.24) is 0 Å². The van der Waals surface area contributed by atoms with Gasteiger partial charge in [-0.2, -0.15) is 5.11 Å². The van der Waals surface area contributed by atoms with E-state index in [0.717, 1.165) is 0 Å². The maximum Gasteiger partial charge on any atom is 0.181 e. The molecule has 0 saturated heterocycles. The number of hydrogen-bond acceptors (Lipinski definition) is 3. The highest BCUT2D eigenvalue weighted by Crippen LogP contribution is 2.02. The zero-order chi connectivity index (χ0) is 8.10. The Morgan fingerprint density at radius 1 is 1.45 bits per heavy atom. The van der Waals surface area contributed by atoms with Crippen LogP contribution in [-0.2, 0) is 0 Å². The van der Waals surface area contributed by atoms with E-state index < -0.39 is 0 Å². The third-order valence-electron chi connectivity index (χ3n) is 1.17. The van der Waals surface area contributed by atoms with Crippen molar-refractivity contribution in [3.8, 4) is 0 Å². The Kier molecular flexibility index (Phi) is 2.72. The van der Waals surface area contributed by atoms with Gasteiger partial charge >= 0.3 is 0 Å². The van der Waals surface area contributed by atoms with Crippen LogP contribution in [0.1, 0.15) is 13.8 Å². The first-order valence-electron chi connectivity index (χ1n) is 3.52. The Morgan fingerprint density at radius 3 is 2.82 bits per heavy atom. The van der Waals surface area contributed by atoms with Gasteiger partial charge in [-0.25, -0.2) is 4.99 Å². The van der Waals surface area contributed by atoms with E-state index in [0.29, 0.717) is 0 Å². The maximum atomic E-state index is 3.96. The molecule has 0 radical (unpaired) electrons. The average molecular weight is 149 g/mol. The van der Waals surface area contributed by atoms with Crippen LogP contribution in [0.25, 0.3) is 0 Å². The van der Waals surface area contributed by atoms with Gasteiger partial charge < -0.3 is 0 Å². The Balaban J connectivity index is 2.42. The van der Waals surface area contributed by atoms with Gasteiger partial charge in [0.25, 0.3) is 0 Å². The summed E-state index contributed by atoms with van der Waals surface area (Å²) in [6, 6.07) is 0. The highest BCUT2D eigenvalue weighted by Gasteiger charge is 1.99. The van der Waals surface area contributed by atoms with E-state index in [1.807, 2.05) is 32.1 Å². The molecule has 0 saturated carbocycles. The van der Waals surface area contributed by atoms with Crippen molar-refractivity contribution in [2.75, 3.05) is 0 Å². The van der Waals surface area contributed by atoms with Crippen LogP contribution in [-0.4, -0.2) is 12.5 Å². The normalized spacial score (nSPS) is 21.5. The second-order valence-corrected chi connectivity index (χ2v) is 2.54. The van der Waals surface area contributed by atoms with Gasteiger partial charge in [-0.05, 0) is 19.9 Å². The fraction of sp³-hybridized carbons (Fsp3) is 0.375. The van der Waals surface area contributed by atoms with Crippen molar-refractivity contribution >= 4 is 6.34 Å².